The second kappa shape index (κ2) is 5.43. The smallest absolute Gasteiger partial charge is 0.331 e. The van der Waals surface area contributed by atoms with Crippen LogP contribution in [0, 0.1) is 12.7 Å². The highest BCUT2D eigenvalue weighted by Gasteiger charge is 2.25. The number of carbonyl (C=O) groups excluding carboxylic acids is 1. The maximum atomic E-state index is 13.4. The summed E-state index contributed by atoms with van der Waals surface area (Å²) >= 11 is 0. The minimum absolute atomic E-state index is 0.246. The van der Waals surface area contributed by atoms with Crippen molar-refractivity contribution >= 4 is 12.4 Å². The van der Waals surface area contributed by atoms with Gasteiger partial charge in [0.2, 0.25) is 6.41 Å². The Hall–Kier alpha value is -1.91. The summed E-state index contributed by atoms with van der Waals surface area (Å²) in [6.07, 6.45) is 0.455. The number of halogens is 1. The summed E-state index contributed by atoms with van der Waals surface area (Å²) < 4.78 is 13.4. The molecule has 0 aromatic heterocycles. The first-order valence-electron chi connectivity index (χ1n) is 5.21. The van der Waals surface area contributed by atoms with Crippen molar-refractivity contribution in [1.29, 1.82) is 0 Å². The summed E-state index contributed by atoms with van der Waals surface area (Å²) in [5.74, 6) is -1.65. The molecule has 1 unspecified atom stereocenters. The van der Waals surface area contributed by atoms with Crippen LogP contribution in [0.4, 0.5) is 4.39 Å². The van der Waals surface area contributed by atoms with E-state index in [-0.39, 0.29) is 12.1 Å². The van der Waals surface area contributed by atoms with E-state index in [9.17, 15) is 14.0 Å². The molecule has 1 rings (SSSR count). The van der Waals surface area contributed by atoms with E-state index in [4.69, 9.17) is 5.11 Å². The van der Waals surface area contributed by atoms with Crippen LogP contribution in [0.15, 0.2) is 18.2 Å². The van der Waals surface area contributed by atoms with E-state index in [2.05, 4.69) is 0 Å². The number of hydrogen-bond donors (Lipinski definition) is 1. The van der Waals surface area contributed by atoms with Gasteiger partial charge < -0.3 is 10.0 Å². The molecule has 0 aliphatic rings. The van der Waals surface area contributed by atoms with Gasteiger partial charge in [0.15, 0.2) is 6.04 Å². The first-order chi connectivity index (χ1) is 8.01. The lowest BCUT2D eigenvalue weighted by molar-refractivity contribution is -0.146. The molecule has 1 aromatic carbocycles. The van der Waals surface area contributed by atoms with Crippen LogP contribution in [0.2, 0.25) is 0 Å². The lowest BCUT2D eigenvalue weighted by Crippen LogP contribution is -2.33. The first-order valence-corrected chi connectivity index (χ1v) is 5.21. The predicted molar refractivity (Wildman–Crippen MR) is 60.0 cm³/mol. The van der Waals surface area contributed by atoms with Crippen molar-refractivity contribution in [3.8, 4) is 0 Å². The summed E-state index contributed by atoms with van der Waals surface area (Å²) in [7, 11) is 0. The van der Waals surface area contributed by atoms with Crippen LogP contribution in [0.25, 0.3) is 0 Å². The third-order valence-electron chi connectivity index (χ3n) is 2.58. The third-order valence-corrected chi connectivity index (χ3v) is 2.58. The van der Waals surface area contributed by atoms with Crippen LogP contribution >= 0.6 is 0 Å². The Morgan fingerprint density at radius 1 is 1.59 bits per heavy atom. The highest BCUT2D eigenvalue weighted by atomic mass is 19.1. The van der Waals surface area contributed by atoms with Gasteiger partial charge in [0.25, 0.3) is 0 Å². The zero-order valence-corrected chi connectivity index (χ0v) is 9.68. The van der Waals surface area contributed by atoms with Gasteiger partial charge in [-0.15, -0.1) is 0 Å². The van der Waals surface area contributed by atoms with Crippen LogP contribution < -0.4 is 0 Å². The van der Waals surface area contributed by atoms with Gasteiger partial charge in [0.1, 0.15) is 5.82 Å². The number of hydrogen-bond acceptors (Lipinski definition) is 2. The van der Waals surface area contributed by atoms with Crippen LogP contribution in [0.3, 0.4) is 0 Å². The molecule has 0 radical (unpaired) electrons. The standard InChI is InChI=1S/C12H14FNO3/c1-3-14(7-15)11(12(16)17)9-5-4-8(2)10(13)6-9/h4-7,11H,3H2,1-2H3,(H,16,17). The van der Waals surface area contributed by atoms with E-state index in [1.807, 2.05) is 0 Å². The van der Waals surface area contributed by atoms with Crippen LogP contribution in [-0.4, -0.2) is 28.9 Å². The van der Waals surface area contributed by atoms with Crippen LogP contribution in [0.5, 0.6) is 0 Å². The molecule has 1 N–H and O–H groups in total. The molecule has 0 heterocycles. The number of carboxylic acids is 1. The van der Waals surface area contributed by atoms with Gasteiger partial charge in [-0.2, -0.15) is 0 Å². The molecule has 0 aliphatic carbocycles. The van der Waals surface area contributed by atoms with E-state index < -0.39 is 17.8 Å². The molecule has 0 saturated heterocycles. The van der Waals surface area contributed by atoms with Crippen molar-refractivity contribution in [2.45, 2.75) is 19.9 Å². The van der Waals surface area contributed by atoms with Gasteiger partial charge in [0.05, 0.1) is 0 Å². The molecule has 5 heteroatoms. The molecule has 0 aliphatic heterocycles. The quantitative estimate of drug-likeness (QED) is 0.796. The molecule has 1 amide bonds. The zero-order valence-electron chi connectivity index (χ0n) is 9.68. The number of nitrogens with zero attached hydrogens (tertiary/aromatic N) is 1. The van der Waals surface area contributed by atoms with Gasteiger partial charge in [0, 0.05) is 6.54 Å². The molecule has 0 spiro atoms. The molecule has 4 nitrogen and oxygen atoms in total. The number of carbonyl (C=O) groups is 2. The lowest BCUT2D eigenvalue weighted by Gasteiger charge is -2.23. The maximum Gasteiger partial charge on any atom is 0.331 e. The second-order valence-corrected chi connectivity index (χ2v) is 3.69. The first kappa shape index (κ1) is 13.2. The van der Waals surface area contributed by atoms with Gasteiger partial charge in [-0.25, -0.2) is 9.18 Å². The Labute approximate surface area is 98.7 Å². The monoisotopic (exact) mass is 239 g/mol. The molecular weight excluding hydrogens is 225 g/mol. The van der Waals surface area contributed by atoms with Crippen molar-refractivity contribution in [2.75, 3.05) is 6.54 Å². The molecule has 1 atom stereocenters. The Morgan fingerprint density at radius 2 is 2.24 bits per heavy atom. The second-order valence-electron chi connectivity index (χ2n) is 3.69. The number of amides is 1. The summed E-state index contributed by atoms with van der Waals surface area (Å²) in [6, 6.07) is 3.02. The van der Waals surface area contributed by atoms with E-state index in [0.29, 0.717) is 12.0 Å². The zero-order chi connectivity index (χ0) is 13.0. The van der Waals surface area contributed by atoms with Crippen molar-refractivity contribution < 1.29 is 19.1 Å². The molecule has 92 valence electrons. The van der Waals surface area contributed by atoms with Gasteiger partial charge in [-0.1, -0.05) is 12.1 Å². The molecule has 17 heavy (non-hydrogen) atoms. The van der Waals surface area contributed by atoms with Gasteiger partial charge >= 0.3 is 5.97 Å². The van der Waals surface area contributed by atoms with E-state index in [1.165, 1.54) is 12.1 Å². The Balaban J connectivity index is 3.18. The van der Waals surface area contributed by atoms with Crippen molar-refractivity contribution in [2.24, 2.45) is 0 Å². The van der Waals surface area contributed by atoms with E-state index in [0.717, 1.165) is 11.0 Å². The molecule has 0 bridgehead atoms. The van der Waals surface area contributed by atoms with Gasteiger partial charge in [-0.3, -0.25) is 4.79 Å². The van der Waals surface area contributed by atoms with Crippen molar-refractivity contribution in [3.05, 3.63) is 35.1 Å². The Bertz CT molecular complexity index is 434. The number of benzene rings is 1. The van der Waals surface area contributed by atoms with E-state index >= 15 is 0 Å². The fourth-order valence-corrected chi connectivity index (χ4v) is 1.57. The highest BCUT2D eigenvalue weighted by Crippen LogP contribution is 2.21. The normalized spacial score (nSPS) is 11.9. The summed E-state index contributed by atoms with van der Waals surface area (Å²) in [5, 5.41) is 9.10. The fraction of sp³-hybridized carbons (Fsp3) is 0.333. The molecule has 1 aromatic rings. The summed E-state index contributed by atoms with van der Waals surface area (Å²) in [4.78, 5) is 23.0. The topological polar surface area (TPSA) is 57.6 Å². The van der Waals surface area contributed by atoms with Crippen molar-refractivity contribution in [3.63, 3.8) is 0 Å². The van der Waals surface area contributed by atoms with Gasteiger partial charge in [-0.05, 0) is 31.0 Å². The summed E-state index contributed by atoms with van der Waals surface area (Å²) in [5.41, 5.74) is 0.696. The Morgan fingerprint density at radius 3 is 2.65 bits per heavy atom. The third kappa shape index (κ3) is 2.81. The number of likely N-dealkylation sites (N-methyl/N-ethyl adjacent to an activating group) is 1. The fourth-order valence-electron chi connectivity index (χ4n) is 1.57. The van der Waals surface area contributed by atoms with Crippen LogP contribution in [0.1, 0.15) is 24.1 Å². The Kier molecular flexibility index (Phi) is 4.20. The number of aliphatic carboxylic acids is 1. The molecule has 0 fully saturated rings. The minimum atomic E-state index is -1.18. The lowest BCUT2D eigenvalue weighted by atomic mass is 10.0. The SMILES string of the molecule is CCN(C=O)C(C(=O)O)c1ccc(C)c(F)c1. The summed E-state index contributed by atoms with van der Waals surface area (Å²) in [6.45, 7) is 3.50. The average Bonchev–Trinajstić information content (AvgIpc) is 2.29. The maximum absolute atomic E-state index is 13.4. The van der Waals surface area contributed by atoms with E-state index in [1.54, 1.807) is 13.8 Å². The minimum Gasteiger partial charge on any atom is -0.479 e. The van der Waals surface area contributed by atoms with Crippen LogP contribution in [-0.2, 0) is 9.59 Å². The van der Waals surface area contributed by atoms with Crippen molar-refractivity contribution in [1.82, 2.24) is 4.90 Å². The number of aryl methyl sites for hydroxylation is 1. The number of rotatable bonds is 5. The molecule has 0 saturated carbocycles. The largest absolute Gasteiger partial charge is 0.479 e. The average molecular weight is 239 g/mol. The highest BCUT2D eigenvalue weighted by molar-refractivity contribution is 5.78. The number of carboxylic acid groups (broad SMARTS) is 1. The molecular formula is C12H14FNO3. The predicted octanol–water partition coefficient (Wildman–Crippen LogP) is 1.74.